The number of aromatic amines is 1. The highest BCUT2D eigenvalue weighted by Gasteiger charge is 2.04. The molecule has 3 aromatic rings. The minimum atomic E-state index is -0.0476. The van der Waals surface area contributed by atoms with Crippen LogP contribution in [0.1, 0.15) is 15.9 Å². The van der Waals surface area contributed by atoms with Crippen LogP contribution in [0.5, 0.6) is 11.5 Å². The Labute approximate surface area is 142 Å². The van der Waals surface area contributed by atoms with Crippen LogP contribution in [0.2, 0.25) is 0 Å². The molecule has 0 saturated carbocycles. The summed E-state index contributed by atoms with van der Waals surface area (Å²) >= 11 is 0. The lowest BCUT2D eigenvalue weighted by molar-refractivity contribution is 0.108. The van der Waals surface area contributed by atoms with Gasteiger partial charge in [-0.05, 0) is 29.5 Å². The topological polar surface area (TPSA) is 114 Å². The first-order chi connectivity index (χ1) is 12.4. The number of aldehydes is 1. The minimum Gasteiger partial charge on any atom is -0.457 e. The van der Waals surface area contributed by atoms with Crippen molar-refractivity contribution >= 4 is 18.4 Å². The second-order valence-corrected chi connectivity index (χ2v) is 4.71. The van der Waals surface area contributed by atoms with Crippen LogP contribution in [0.4, 0.5) is 5.95 Å². The lowest BCUT2D eigenvalue weighted by atomic mass is 10.2. The number of rotatable bonds is 8. The third kappa shape index (κ3) is 4.38. The van der Waals surface area contributed by atoms with Gasteiger partial charge in [0.15, 0.2) is 6.29 Å². The summed E-state index contributed by atoms with van der Waals surface area (Å²) in [6, 6.07) is 14.2. The van der Waals surface area contributed by atoms with E-state index in [0.29, 0.717) is 17.1 Å². The number of carbonyl (C=O) groups is 1. The molecule has 2 N–H and O–H groups in total. The van der Waals surface area contributed by atoms with Gasteiger partial charge in [-0.2, -0.15) is 10.3 Å². The van der Waals surface area contributed by atoms with Crippen molar-refractivity contribution in [1.29, 1.82) is 0 Å². The largest absolute Gasteiger partial charge is 0.457 e. The Morgan fingerprint density at radius 3 is 2.40 bits per heavy atom. The SMILES string of the molecule is O=Cc1ccccc1OCOc1ccccc1/C=N\Nc1nn[nH]n1. The molecular formula is C16H14N6O3. The number of tetrazole rings is 1. The standard InChI is InChI=1S/C16H14N6O3/c23-10-13-6-2-4-8-15(13)25-11-24-14-7-3-1-5-12(14)9-17-18-16-19-21-22-20-16/h1-10H,11H2,(H2,18,19,20,21,22)/b17-9-. The predicted octanol–water partition coefficient (Wildman–Crippen LogP) is 1.87. The molecule has 0 amide bonds. The number of hydrogen-bond donors (Lipinski definition) is 2. The lowest BCUT2D eigenvalue weighted by Crippen LogP contribution is -2.08. The molecule has 1 aromatic heterocycles. The number of benzene rings is 2. The van der Waals surface area contributed by atoms with Crippen molar-refractivity contribution in [1.82, 2.24) is 20.6 Å². The molecule has 9 nitrogen and oxygen atoms in total. The highest BCUT2D eigenvalue weighted by molar-refractivity contribution is 5.83. The van der Waals surface area contributed by atoms with Crippen molar-refractivity contribution in [3.05, 3.63) is 59.7 Å². The van der Waals surface area contributed by atoms with Crippen molar-refractivity contribution in [2.45, 2.75) is 0 Å². The predicted molar refractivity (Wildman–Crippen MR) is 89.8 cm³/mol. The number of H-pyrrole nitrogens is 1. The van der Waals surface area contributed by atoms with Crippen molar-refractivity contribution < 1.29 is 14.3 Å². The minimum absolute atomic E-state index is 0.0476. The van der Waals surface area contributed by atoms with Crippen LogP contribution in [0.3, 0.4) is 0 Å². The Morgan fingerprint density at radius 1 is 1.04 bits per heavy atom. The summed E-state index contributed by atoms with van der Waals surface area (Å²) in [5, 5.41) is 17.2. The van der Waals surface area contributed by atoms with Crippen LogP contribution in [0.15, 0.2) is 53.6 Å². The van der Waals surface area contributed by atoms with Gasteiger partial charge in [0.25, 0.3) is 5.95 Å². The zero-order valence-corrected chi connectivity index (χ0v) is 13.0. The van der Waals surface area contributed by atoms with Crippen LogP contribution in [-0.2, 0) is 0 Å². The van der Waals surface area contributed by atoms with E-state index in [2.05, 4.69) is 31.2 Å². The number of para-hydroxylation sites is 2. The zero-order chi connectivity index (χ0) is 17.3. The van der Waals surface area contributed by atoms with Gasteiger partial charge in [-0.3, -0.25) is 4.79 Å². The van der Waals surface area contributed by atoms with Crippen LogP contribution < -0.4 is 14.9 Å². The molecule has 0 fully saturated rings. The summed E-state index contributed by atoms with van der Waals surface area (Å²) < 4.78 is 11.1. The average molecular weight is 338 g/mol. The molecule has 9 heteroatoms. The van der Waals surface area contributed by atoms with Gasteiger partial charge in [-0.15, -0.1) is 5.10 Å². The summed E-state index contributed by atoms with van der Waals surface area (Å²) in [7, 11) is 0. The molecule has 0 bridgehead atoms. The Balaban J connectivity index is 1.61. The number of carbonyl (C=O) groups excluding carboxylic acids is 1. The quantitative estimate of drug-likeness (QED) is 0.279. The van der Waals surface area contributed by atoms with E-state index in [-0.39, 0.29) is 12.7 Å². The van der Waals surface area contributed by atoms with Crippen LogP contribution in [-0.4, -0.2) is 39.9 Å². The second-order valence-electron chi connectivity index (χ2n) is 4.71. The molecule has 2 aromatic carbocycles. The summed E-state index contributed by atoms with van der Waals surface area (Å²) in [5.74, 6) is 1.29. The number of hydrazone groups is 1. The third-order valence-corrected chi connectivity index (χ3v) is 3.11. The van der Waals surface area contributed by atoms with Crippen LogP contribution >= 0.6 is 0 Å². The normalized spacial score (nSPS) is 10.6. The average Bonchev–Trinajstić information content (AvgIpc) is 3.17. The smallest absolute Gasteiger partial charge is 0.283 e. The summed E-state index contributed by atoms with van der Waals surface area (Å²) in [4.78, 5) is 11.0. The third-order valence-electron chi connectivity index (χ3n) is 3.11. The van der Waals surface area contributed by atoms with Gasteiger partial charge in [-0.25, -0.2) is 5.43 Å². The number of nitrogens with one attached hydrogen (secondary N) is 2. The number of nitrogens with zero attached hydrogens (tertiary/aromatic N) is 4. The number of ether oxygens (including phenoxy) is 2. The summed E-state index contributed by atoms with van der Waals surface area (Å²) in [6.07, 6.45) is 2.30. The molecule has 0 aliphatic rings. The van der Waals surface area contributed by atoms with Crippen molar-refractivity contribution in [3.8, 4) is 11.5 Å². The summed E-state index contributed by atoms with van der Waals surface area (Å²) in [5.41, 5.74) is 3.82. The number of aromatic nitrogens is 4. The first-order valence-electron chi connectivity index (χ1n) is 7.28. The number of hydrogen-bond acceptors (Lipinski definition) is 8. The second kappa shape index (κ2) is 8.20. The first kappa shape index (κ1) is 16.1. The molecule has 126 valence electrons. The number of anilines is 1. The highest BCUT2D eigenvalue weighted by atomic mass is 16.7. The molecule has 3 rings (SSSR count). The van der Waals surface area contributed by atoms with Gasteiger partial charge in [-0.1, -0.05) is 29.4 Å². The van der Waals surface area contributed by atoms with E-state index >= 15 is 0 Å². The first-order valence-corrected chi connectivity index (χ1v) is 7.28. The lowest BCUT2D eigenvalue weighted by Gasteiger charge is -2.11. The molecule has 25 heavy (non-hydrogen) atoms. The van der Waals surface area contributed by atoms with Gasteiger partial charge in [0.2, 0.25) is 6.79 Å². The van der Waals surface area contributed by atoms with Crippen molar-refractivity contribution in [2.24, 2.45) is 5.10 Å². The van der Waals surface area contributed by atoms with Crippen LogP contribution in [0, 0.1) is 0 Å². The Bertz CT molecular complexity index is 851. The molecule has 1 heterocycles. The highest BCUT2D eigenvalue weighted by Crippen LogP contribution is 2.18. The van der Waals surface area contributed by atoms with Crippen molar-refractivity contribution in [3.63, 3.8) is 0 Å². The van der Waals surface area contributed by atoms with Gasteiger partial charge in [0, 0.05) is 5.56 Å². The Morgan fingerprint density at radius 2 is 1.72 bits per heavy atom. The van der Waals surface area contributed by atoms with Gasteiger partial charge in [0.1, 0.15) is 11.5 Å². The molecular weight excluding hydrogens is 324 g/mol. The molecule has 0 atom stereocenters. The van der Waals surface area contributed by atoms with Gasteiger partial charge in [0.05, 0.1) is 11.8 Å². The fourth-order valence-corrected chi connectivity index (χ4v) is 1.95. The Kier molecular flexibility index (Phi) is 5.29. The monoisotopic (exact) mass is 338 g/mol. The fourth-order valence-electron chi connectivity index (χ4n) is 1.95. The van der Waals surface area contributed by atoms with Crippen molar-refractivity contribution in [2.75, 3.05) is 12.2 Å². The van der Waals surface area contributed by atoms with E-state index in [0.717, 1.165) is 11.8 Å². The van der Waals surface area contributed by atoms with E-state index in [1.165, 1.54) is 0 Å². The molecule has 0 radical (unpaired) electrons. The molecule has 0 aliphatic heterocycles. The Hall–Kier alpha value is -3.75. The maximum Gasteiger partial charge on any atom is 0.283 e. The molecule has 0 unspecified atom stereocenters. The van der Waals surface area contributed by atoms with E-state index in [4.69, 9.17) is 9.47 Å². The summed E-state index contributed by atoms with van der Waals surface area (Å²) in [6.45, 7) is -0.0476. The van der Waals surface area contributed by atoms with E-state index in [9.17, 15) is 4.79 Å². The van der Waals surface area contributed by atoms with Gasteiger partial charge < -0.3 is 9.47 Å². The van der Waals surface area contributed by atoms with Crippen LogP contribution in [0.25, 0.3) is 0 Å². The maximum atomic E-state index is 11.0. The fraction of sp³-hybridized carbons (Fsp3) is 0.0625. The van der Waals surface area contributed by atoms with E-state index in [1.54, 1.807) is 36.5 Å². The van der Waals surface area contributed by atoms with E-state index < -0.39 is 0 Å². The van der Waals surface area contributed by atoms with Gasteiger partial charge >= 0.3 is 0 Å². The maximum absolute atomic E-state index is 11.0. The molecule has 0 spiro atoms. The zero-order valence-electron chi connectivity index (χ0n) is 13.0. The van der Waals surface area contributed by atoms with E-state index in [1.807, 2.05) is 18.2 Å². The molecule has 0 aliphatic carbocycles. The molecule has 0 saturated heterocycles.